The molecule has 1 aliphatic heterocycles. The third-order valence-electron chi connectivity index (χ3n) is 7.00. The maximum Gasteiger partial charge on any atom is 0.295 e. The van der Waals surface area contributed by atoms with Crippen molar-refractivity contribution in [2.45, 2.75) is 53.0 Å². The highest BCUT2D eigenvalue weighted by atomic mass is 16.5. The molecule has 2 aromatic rings. The first-order valence-corrected chi connectivity index (χ1v) is 14.1. The molecule has 1 heterocycles. The van der Waals surface area contributed by atoms with E-state index in [4.69, 9.17) is 14.2 Å². The average molecular weight is 553 g/mol. The Balaban J connectivity index is 2.07. The number of rotatable bonds is 14. The lowest BCUT2D eigenvalue weighted by Crippen LogP contribution is -2.35. The van der Waals surface area contributed by atoms with Crippen molar-refractivity contribution in [2.75, 3.05) is 47.5 Å². The highest BCUT2D eigenvalue weighted by molar-refractivity contribution is 6.46. The monoisotopic (exact) mass is 552 g/mol. The van der Waals surface area contributed by atoms with Gasteiger partial charge in [0.05, 0.1) is 31.9 Å². The van der Waals surface area contributed by atoms with Gasteiger partial charge in [-0.15, -0.1) is 0 Å². The van der Waals surface area contributed by atoms with Gasteiger partial charge in [0.25, 0.3) is 11.7 Å². The van der Waals surface area contributed by atoms with Crippen LogP contribution < -0.4 is 14.2 Å². The van der Waals surface area contributed by atoms with E-state index in [2.05, 4.69) is 20.8 Å². The summed E-state index contributed by atoms with van der Waals surface area (Å²) in [7, 11) is 5.38. The summed E-state index contributed by atoms with van der Waals surface area (Å²) < 4.78 is 17.4. The average Bonchev–Trinajstić information content (AvgIpc) is 3.16. The molecule has 8 nitrogen and oxygen atoms in total. The summed E-state index contributed by atoms with van der Waals surface area (Å²) in [5.41, 5.74) is 1.95. The number of Topliss-reactive ketones (excluding diaryl/α,β-unsaturated/α-hetero) is 1. The molecule has 1 amide bonds. The highest BCUT2D eigenvalue weighted by Crippen LogP contribution is 2.42. The summed E-state index contributed by atoms with van der Waals surface area (Å²) >= 11 is 0. The van der Waals surface area contributed by atoms with Crippen LogP contribution in [-0.4, -0.2) is 74.1 Å². The van der Waals surface area contributed by atoms with Gasteiger partial charge in [-0.3, -0.25) is 9.59 Å². The van der Waals surface area contributed by atoms with E-state index in [-0.39, 0.29) is 11.3 Å². The minimum absolute atomic E-state index is 0.0574. The Morgan fingerprint density at radius 3 is 2.42 bits per heavy atom. The van der Waals surface area contributed by atoms with Crippen LogP contribution in [0.4, 0.5) is 0 Å². The van der Waals surface area contributed by atoms with Gasteiger partial charge in [-0.2, -0.15) is 0 Å². The zero-order valence-electron chi connectivity index (χ0n) is 25.0. The second-order valence-corrected chi connectivity index (χ2v) is 10.9. The second-order valence-electron chi connectivity index (χ2n) is 10.9. The highest BCUT2D eigenvalue weighted by Gasteiger charge is 2.46. The van der Waals surface area contributed by atoms with E-state index in [1.807, 2.05) is 38.1 Å². The van der Waals surface area contributed by atoms with E-state index in [0.29, 0.717) is 60.6 Å². The summed E-state index contributed by atoms with van der Waals surface area (Å²) in [5.74, 6) is 0.743. The number of aliphatic hydroxyl groups is 1. The number of nitrogens with zero attached hydrogens (tertiary/aromatic N) is 2. The number of methoxy groups -OCH3 is 1. The lowest BCUT2D eigenvalue weighted by atomic mass is 9.93. The largest absolute Gasteiger partial charge is 0.507 e. The molecule has 2 aromatic carbocycles. The fraction of sp³-hybridized carbons (Fsp3) is 0.500. The molecular formula is C32H44N2O6. The van der Waals surface area contributed by atoms with Crippen molar-refractivity contribution in [3.05, 3.63) is 58.7 Å². The van der Waals surface area contributed by atoms with Gasteiger partial charge in [0, 0.05) is 18.7 Å². The van der Waals surface area contributed by atoms with Crippen LogP contribution in [0.2, 0.25) is 0 Å². The summed E-state index contributed by atoms with van der Waals surface area (Å²) in [6, 6.07) is 10.00. The molecule has 1 atom stereocenters. The molecule has 0 radical (unpaired) electrons. The minimum atomic E-state index is -0.779. The van der Waals surface area contributed by atoms with Gasteiger partial charge in [-0.1, -0.05) is 33.3 Å². The molecule has 1 fully saturated rings. The van der Waals surface area contributed by atoms with E-state index in [0.717, 1.165) is 24.8 Å². The standard InChI is InChI=1S/C32H44N2O6/c1-8-9-17-39-24-11-12-25(22(4)19-24)30(35)28-29(34(16-15-33(5)6)32(37)31(28)36)23-10-13-26(27(20-23)38-7)40-18-14-21(2)3/h10-13,19-21,29,35H,8-9,14-18H2,1-7H3. The van der Waals surface area contributed by atoms with Crippen LogP contribution in [0.1, 0.15) is 62.8 Å². The number of unbranched alkanes of at least 4 members (excludes halogenated alkanes) is 1. The van der Waals surface area contributed by atoms with Crippen molar-refractivity contribution in [1.82, 2.24) is 9.80 Å². The van der Waals surface area contributed by atoms with Crippen molar-refractivity contribution >= 4 is 17.4 Å². The summed E-state index contributed by atoms with van der Waals surface area (Å²) in [6.45, 7) is 10.2. The quantitative estimate of drug-likeness (QED) is 0.141. The Morgan fingerprint density at radius 2 is 1.80 bits per heavy atom. The molecule has 218 valence electrons. The molecule has 1 unspecified atom stereocenters. The Hall–Kier alpha value is -3.52. The summed E-state index contributed by atoms with van der Waals surface area (Å²) in [4.78, 5) is 30.2. The summed E-state index contributed by atoms with van der Waals surface area (Å²) in [5, 5.41) is 11.5. The number of hydrogen-bond acceptors (Lipinski definition) is 7. The third kappa shape index (κ3) is 7.36. The molecule has 1 N–H and O–H groups in total. The molecule has 1 saturated heterocycles. The van der Waals surface area contributed by atoms with E-state index < -0.39 is 17.7 Å². The zero-order valence-corrected chi connectivity index (χ0v) is 25.0. The number of likely N-dealkylation sites (tertiary alicyclic amines) is 1. The number of ether oxygens (including phenoxy) is 3. The Morgan fingerprint density at radius 1 is 1.05 bits per heavy atom. The molecular weight excluding hydrogens is 508 g/mol. The van der Waals surface area contributed by atoms with Gasteiger partial charge in [-0.25, -0.2) is 0 Å². The van der Waals surface area contributed by atoms with Crippen LogP contribution in [0.3, 0.4) is 0 Å². The number of carbonyl (C=O) groups excluding carboxylic acids is 2. The van der Waals surface area contributed by atoms with Crippen molar-refractivity contribution in [3.8, 4) is 17.2 Å². The molecule has 0 saturated carbocycles. The zero-order chi connectivity index (χ0) is 29.4. The normalized spacial score (nSPS) is 16.7. The van der Waals surface area contributed by atoms with Crippen molar-refractivity contribution in [3.63, 3.8) is 0 Å². The van der Waals surface area contributed by atoms with Crippen molar-refractivity contribution in [1.29, 1.82) is 0 Å². The Bertz CT molecular complexity index is 1220. The number of carbonyl (C=O) groups is 2. The van der Waals surface area contributed by atoms with Gasteiger partial charge in [0.2, 0.25) is 0 Å². The van der Waals surface area contributed by atoms with Crippen LogP contribution in [0, 0.1) is 12.8 Å². The third-order valence-corrected chi connectivity index (χ3v) is 7.00. The SMILES string of the molecule is CCCCOc1ccc(C(O)=C2C(=O)C(=O)N(CCN(C)C)C2c2ccc(OCCC(C)C)c(OC)c2)c(C)c1. The molecule has 40 heavy (non-hydrogen) atoms. The van der Waals surface area contributed by atoms with Crippen LogP contribution in [0.25, 0.3) is 5.76 Å². The fourth-order valence-electron chi connectivity index (χ4n) is 4.61. The van der Waals surface area contributed by atoms with E-state index >= 15 is 0 Å². The first-order chi connectivity index (χ1) is 19.1. The van der Waals surface area contributed by atoms with Crippen LogP contribution in [0.15, 0.2) is 42.0 Å². The predicted octanol–water partition coefficient (Wildman–Crippen LogP) is 5.59. The number of benzene rings is 2. The lowest BCUT2D eigenvalue weighted by Gasteiger charge is -2.27. The first-order valence-electron chi connectivity index (χ1n) is 14.1. The number of aryl methyl sites for hydroxylation is 1. The van der Waals surface area contributed by atoms with Gasteiger partial charge in [0.15, 0.2) is 11.5 Å². The van der Waals surface area contributed by atoms with E-state index in [1.54, 1.807) is 31.4 Å². The van der Waals surface area contributed by atoms with Crippen molar-refractivity contribution in [2.24, 2.45) is 5.92 Å². The Kier molecular flexibility index (Phi) is 11.0. The lowest BCUT2D eigenvalue weighted by molar-refractivity contribution is -0.140. The smallest absolute Gasteiger partial charge is 0.295 e. The van der Waals surface area contributed by atoms with Crippen molar-refractivity contribution < 1.29 is 28.9 Å². The topological polar surface area (TPSA) is 88.5 Å². The molecule has 1 aliphatic rings. The first kappa shape index (κ1) is 31.0. The van der Waals surface area contributed by atoms with Gasteiger partial charge in [0.1, 0.15) is 11.5 Å². The predicted molar refractivity (Wildman–Crippen MR) is 157 cm³/mol. The number of ketones is 1. The maximum atomic E-state index is 13.4. The number of likely N-dealkylation sites (N-methyl/N-ethyl adjacent to an activating group) is 1. The fourth-order valence-corrected chi connectivity index (χ4v) is 4.61. The van der Waals surface area contributed by atoms with Gasteiger partial charge in [-0.05, 0) is 81.2 Å². The minimum Gasteiger partial charge on any atom is -0.507 e. The molecule has 3 rings (SSSR count). The molecule has 0 spiro atoms. The number of amides is 1. The molecule has 0 aliphatic carbocycles. The molecule has 0 aromatic heterocycles. The maximum absolute atomic E-state index is 13.4. The Labute approximate surface area is 238 Å². The van der Waals surface area contributed by atoms with Crippen LogP contribution in [0.5, 0.6) is 17.2 Å². The number of hydrogen-bond donors (Lipinski definition) is 1. The van der Waals surface area contributed by atoms with E-state index in [1.165, 1.54) is 4.90 Å². The molecule has 0 bridgehead atoms. The molecule has 8 heteroatoms. The number of aliphatic hydroxyl groups excluding tert-OH is 1. The second kappa shape index (κ2) is 14.2. The van der Waals surface area contributed by atoms with Crippen LogP contribution >= 0.6 is 0 Å². The summed E-state index contributed by atoms with van der Waals surface area (Å²) in [6.07, 6.45) is 2.88. The van der Waals surface area contributed by atoms with Gasteiger partial charge >= 0.3 is 0 Å². The van der Waals surface area contributed by atoms with E-state index in [9.17, 15) is 14.7 Å². The van der Waals surface area contributed by atoms with Gasteiger partial charge < -0.3 is 29.1 Å². The van der Waals surface area contributed by atoms with Crippen LogP contribution in [-0.2, 0) is 9.59 Å².